The molecular weight excluding hydrogens is 254 g/mol. The largest absolute Gasteiger partial charge is 0.494 e. The van der Waals surface area contributed by atoms with Crippen LogP contribution >= 0.6 is 0 Å². The van der Waals surface area contributed by atoms with Crippen LogP contribution in [0.15, 0.2) is 24.3 Å². The number of aryl methyl sites for hydroxylation is 1. The lowest BCUT2D eigenvalue weighted by Gasteiger charge is -2.20. The van der Waals surface area contributed by atoms with Crippen molar-refractivity contribution in [2.24, 2.45) is 0 Å². The third kappa shape index (κ3) is 6.06. The van der Waals surface area contributed by atoms with E-state index in [9.17, 15) is 4.79 Å². The van der Waals surface area contributed by atoms with Gasteiger partial charge in [0.1, 0.15) is 5.75 Å². The van der Waals surface area contributed by atoms with Gasteiger partial charge in [-0.25, -0.2) is 0 Å². The van der Waals surface area contributed by atoms with Gasteiger partial charge in [0.15, 0.2) is 0 Å². The molecule has 0 radical (unpaired) electrons. The number of carbonyl (C=O) groups is 1. The second-order valence-electron chi connectivity index (χ2n) is 4.82. The van der Waals surface area contributed by atoms with E-state index in [1.54, 1.807) is 4.90 Å². The summed E-state index contributed by atoms with van der Waals surface area (Å²) in [7, 11) is 0. The molecule has 0 unspecified atom stereocenters. The van der Waals surface area contributed by atoms with Crippen molar-refractivity contribution in [3.8, 4) is 5.75 Å². The smallest absolute Gasteiger partial charge is 0.222 e. The van der Waals surface area contributed by atoms with Crippen molar-refractivity contribution in [1.29, 1.82) is 0 Å². The SMILES string of the molecule is CCN(CCCO)C(=O)CCCOc1cccc(C)c1. The lowest BCUT2D eigenvalue weighted by molar-refractivity contribution is -0.131. The Kier molecular flexibility index (Phi) is 7.73. The van der Waals surface area contributed by atoms with Crippen LogP contribution in [0, 0.1) is 6.92 Å². The first-order chi connectivity index (χ1) is 9.67. The van der Waals surface area contributed by atoms with Gasteiger partial charge in [-0.1, -0.05) is 12.1 Å². The Hall–Kier alpha value is -1.55. The molecule has 20 heavy (non-hydrogen) atoms. The van der Waals surface area contributed by atoms with Gasteiger partial charge in [0, 0.05) is 26.1 Å². The molecule has 0 aromatic heterocycles. The molecule has 0 aliphatic carbocycles. The van der Waals surface area contributed by atoms with E-state index in [0.717, 1.165) is 5.75 Å². The Labute approximate surface area is 121 Å². The number of ether oxygens (including phenoxy) is 1. The van der Waals surface area contributed by atoms with E-state index in [1.165, 1.54) is 5.56 Å². The van der Waals surface area contributed by atoms with Crippen LogP contribution in [0.4, 0.5) is 0 Å². The first-order valence-corrected chi connectivity index (χ1v) is 7.25. The Morgan fingerprint density at radius 2 is 2.15 bits per heavy atom. The molecule has 0 aliphatic heterocycles. The molecule has 0 atom stereocenters. The summed E-state index contributed by atoms with van der Waals surface area (Å²) < 4.78 is 5.62. The van der Waals surface area contributed by atoms with Crippen molar-refractivity contribution in [2.45, 2.75) is 33.1 Å². The zero-order chi connectivity index (χ0) is 14.8. The number of amides is 1. The predicted molar refractivity (Wildman–Crippen MR) is 79.9 cm³/mol. The maximum Gasteiger partial charge on any atom is 0.222 e. The molecule has 1 aromatic rings. The summed E-state index contributed by atoms with van der Waals surface area (Å²) in [5, 5.41) is 8.80. The Bertz CT molecular complexity index is 406. The summed E-state index contributed by atoms with van der Waals surface area (Å²) >= 11 is 0. The van der Waals surface area contributed by atoms with Gasteiger partial charge >= 0.3 is 0 Å². The summed E-state index contributed by atoms with van der Waals surface area (Å²) in [4.78, 5) is 13.7. The molecule has 4 heteroatoms. The number of aliphatic hydroxyl groups excluding tert-OH is 1. The summed E-state index contributed by atoms with van der Waals surface area (Å²) in [5.74, 6) is 0.985. The number of aliphatic hydroxyl groups is 1. The van der Waals surface area contributed by atoms with Gasteiger partial charge < -0.3 is 14.7 Å². The van der Waals surface area contributed by atoms with Crippen molar-refractivity contribution >= 4 is 5.91 Å². The van der Waals surface area contributed by atoms with Crippen molar-refractivity contribution in [2.75, 3.05) is 26.3 Å². The van der Waals surface area contributed by atoms with E-state index >= 15 is 0 Å². The molecule has 0 bridgehead atoms. The molecule has 0 saturated heterocycles. The van der Waals surface area contributed by atoms with E-state index < -0.39 is 0 Å². The number of rotatable bonds is 9. The molecule has 0 heterocycles. The molecule has 0 fully saturated rings. The monoisotopic (exact) mass is 279 g/mol. The molecule has 4 nitrogen and oxygen atoms in total. The van der Waals surface area contributed by atoms with E-state index in [1.807, 2.05) is 38.1 Å². The number of benzene rings is 1. The molecule has 112 valence electrons. The summed E-state index contributed by atoms with van der Waals surface area (Å²) in [6.07, 6.45) is 1.84. The minimum Gasteiger partial charge on any atom is -0.494 e. The van der Waals surface area contributed by atoms with Gasteiger partial charge in [0.2, 0.25) is 5.91 Å². The Morgan fingerprint density at radius 1 is 1.35 bits per heavy atom. The fraction of sp³-hybridized carbons (Fsp3) is 0.562. The highest BCUT2D eigenvalue weighted by Crippen LogP contribution is 2.12. The number of carbonyl (C=O) groups excluding carboxylic acids is 1. The zero-order valence-corrected chi connectivity index (χ0v) is 12.5. The Morgan fingerprint density at radius 3 is 2.80 bits per heavy atom. The lowest BCUT2D eigenvalue weighted by atomic mass is 10.2. The standard InChI is InChI=1S/C16H25NO3/c1-3-17(10-6-11-18)16(19)9-5-12-20-15-8-4-7-14(2)13-15/h4,7-8,13,18H,3,5-6,9-12H2,1-2H3. The van der Waals surface area contributed by atoms with E-state index in [4.69, 9.17) is 9.84 Å². The third-order valence-electron chi connectivity index (χ3n) is 3.11. The van der Waals surface area contributed by atoms with Gasteiger partial charge in [-0.15, -0.1) is 0 Å². The van der Waals surface area contributed by atoms with E-state index in [0.29, 0.717) is 39.0 Å². The van der Waals surface area contributed by atoms with Crippen LogP contribution in [0.3, 0.4) is 0 Å². The van der Waals surface area contributed by atoms with Crippen LogP contribution in [-0.4, -0.2) is 42.2 Å². The van der Waals surface area contributed by atoms with Gasteiger partial charge in [-0.3, -0.25) is 4.79 Å². The van der Waals surface area contributed by atoms with Crippen molar-refractivity contribution in [3.05, 3.63) is 29.8 Å². The molecule has 0 aliphatic rings. The number of hydrogen-bond acceptors (Lipinski definition) is 3. The first kappa shape index (κ1) is 16.5. The van der Waals surface area contributed by atoms with E-state index in [-0.39, 0.29) is 12.5 Å². The fourth-order valence-corrected chi connectivity index (χ4v) is 2.00. The highest BCUT2D eigenvalue weighted by atomic mass is 16.5. The Balaban J connectivity index is 2.24. The third-order valence-corrected chi connectivity index (χ3v) is 3.11. The maximum atomic E-state index is 11.9. The van der Waals surface area contributed by atoms with Crippen LogP contribution in [0.25, 0.3) is 0 Å². The minimum atomic E-state index is 0.125. The fourth-order valence-electron chi connectivity index (χ4n) is 2.00. The van der Waals surface area contributed by atoms with Crippen LogP contribution in [0.1, 0.15) is 31.7 Å². The molecule has 1 rings (SSSR count). The zero-order valence-electron chi connectivity index (χ0n) is 12.5. The van der Waals surface area contributed by atoms with Gasteiger partial charge in [0.25, 0.3) is 0 Å². The predicted octanol–water partition coefficient (Wildman–Crippen LogP) is 2.38. The number of nitrogens with zero attached hydrogens (tertiary/aromatic N) is 1. The summed E-state index contributed by atoms with van der Waals surface area (Å²) in [6.45, 7) is 5.98. The van der Waals surface area contributed by atoms with Crippen LogP contribution in [-0.2, 0) is 4.79 Å². The van der Waals surface area contributed by atoms with Gasteiger partial charge in [-0.05, 0) is 44.4 Å². The molecular formula is C16H25NO3. The molecule has 1 aromatic carbocycles. The highest BCUT2D eigenvalue weighted by molar-refractivity contribution is 5.76. The van der Waals surface area contributed by atoms with E-state index in [2.05, 4.69) is 0 Å². The number of hydrogen-bond donors (Lipinski definition) is 1. The second kappa shape index (κ2) is 9.37. The minimum absolute atomic E-state index is 0.125. The van der Waals surface area contributed by atoms with Gasteiger partial charge in [-0.2, -0.15) is 0 Å². The average Bonchev–Trinajstić information content (AvgIpc) is 2.44. The highest BCUT2D eigenvalue weighted by Gasteiger charge is 2.10. The quantitative estimate of drug-likeness (QED) is 0.706. The lowest BCUT2D eigenvalue weighted by Crippen LogP contribution is -2.32. The topological polar surface area (TPSA) is 49.8 Å². The van der Waals surface area contributed by atoms with Crippen molar-refractivity contribution in [1.82, 2.24) is 4.90 Å². The van der Waals surface area contributed by atoms with Gasteiger partial charge in [0.05, 0.1) is 6.61 Å². The molecule has 1 amide bonds. The average molecular weight is 279 g/mol. The van der Waals surface area contributed by atoms with Crippen LogP contribution in [0.2, 0.25) is 0 Å². The summed E-state index contributed by atoms with van der Waals surface area (Å²) in [5.41, 5.74) is 1.17. The second-order valence-corrected chi connectivity index (χ2v) is 4.82. The molecule has 1 N–H and O–H groups in total. The molecule has 0 spiro atoms. The van der Waals surface area contributed by atoms with Crippen molar-refractivity contribution in [3.63, 3.8) is 0 Å². The first-order valence-electron chi connectivity index (χ1n) is 7.25. The normalized spacial score (nSPS) is 10.3. The summed E-state index contributed by atoms with van der Waals surface area (Å²) in [6, 6.07) is 7.90. The maximum absolute atomic E-state index is 11.9. The molecule has 0 saturated carbocycles. The van der Waals surface area contributed by atoms with Crippen molar-refractivity contribution < 1.29 is 14.6 Å². The van der Waals surface area contributed by atoms with Crippen LogP contribution < -0.4 is 4.74 Å². The van der Waals surface area contributed by atoms with Crippen LogP contribution in [0.5, 0.6) is 5.75 Å².